The van der Waals surface area contributed by atoms with Crippen LogP contribution in [0, 0.1) is 11.7 Å². The van der Waals surface area contributed by atoms with E-state index in [2.05, 4.69) is 5.32 Å². The molecule has 118 valence electrons. The standard InChI is InChI=1S/C15H15ClFNO4/c1-7-2-3-8(9(4-7)15(21)22)14(20)18-12-6-13(19)10(16)5-11(12)17/h5-7,19H,2-4H2,1H3,(H,18,20)(H,21,22). The molecule has 22 heavy (non-hydrogen) atoms. The molecule has 5 nitrogen and oxygen atoms in total. The number of amides is 1. The van der Waals surface area contributed by atoms with Gasteiger partial charge in [0.2, 0.25) is 0 Å². The summed E-state index contributed by atoms with van der Waals surface area (Å²) in [6.07, 6.45) is 1.30. The van der Waals surface area contributed by atoms with E-state index in [1.165, 1.54) is 0 Å². The predicted molar refractivity (Wildman–Crippen MR) is 79.4 cm³/mol. The van der Waals surface area contributed by atoms with Gasteiger partial charge in [0.1, 0.15) is 11.6 Å². The number of halogens is 2. The molecule has 0 bridgehead atoms. The molecular weight excluding hydrogens is 313 g/mol. The number of aliphatic carboxylic acids is 1. The minimum absolute atomic E-state index is 0.0508. The van der Waals surface area contributed by atoms with Crippen LogP contribution in [-0.2, 0) is 9.59 Å². The zero-order valence-corrected chi connectivity index (χ0v) is 12.6. The molecule has 3 N–H and O–H groups in total. The van der Waals surface area contributed by atoms with E-state index in [-0.39, 0.29) is 33.5 Å². The van der Waals surface area contributed by atoms with Crippen LogP contribution in [0.15, 0.2) is 23.3 Å². The van der Waals surface area contributed by atoms with E-state index >= 15 is 0 Å². The maximum Gasteiger partial charge on any atom is 0.332 e. The van der Waals surface area contributed by atoms with Crippen LogP contribution in [0.5, 0.6) is 5.75 Å². The predicted octanol–water partition coefficient (Wildman–Crippen LogP) is 3.32. The minimum Gasteiger partial charge on any atom is -0.506 e. The molecule has 0 radical (unpaired) electrons. The summed E-state index contributed by atoms with van der Waals surface area (Å²) in [5.41, 5.74) is -0.0583. The molecule has 0 heterocycles. The van der Waals surface area contributed by atoms with Gasteiger partial charge in [-0.3, -0.25) is 4.79 Å². The summed E-state index contributed by atoms with van der Waals surface area (Å²) in [4.78, 5) is 23.5. The summed E-state index contributed by atoms with van der Waals surface area (Å²) in [5, 5.41) is 20.8. The van der Waals surface area contributed by atoms with Gasteiger partial charge in [0.15, 0.2) is 0 Å². The van der Waals surface area contributed by atoms with Crippen molar-refractivity contribution in [3.63, 3.8) is 0 Å². The van der Waals surface area contributed by atoms with Crippen molar-refractivity contribution < 1.29 is 24.2 Å². The largest absolute Gasteiger partial charge is 0.506 e. The molecule has 0 saturated carbocycles. The highest BCUT2D eigenvalue weighted by Gasteiger charge is 2.27. The average Bonchev–Trinajstić information content (AvgIpc) is 2.44. The van der Waals surface area contributed by atoms with Gasteiger partial charge in [0, 0.05) is 17.2 Å². The number of carboxylic acids is 1. The van der Waals surface area contributed by atoms with E-state index in [1.807, 2.05) is 6.92 Å². The van der Waals surface area contributed by atoms with Gasteiger partial charge in [-0.15, -0.1) is 0 Å². The van der Waals surface area contributed by atoms with Crippen molar-refractivity contribution in [3.05, 3.63) is 34.1 Å². The van der Waals surface area contributed by atoms with Crippen LogP contribution in [0.1, 0.15) is 26.2 Å². The Morgan fingerprint density at radius 2 is 2.05 bits per heavy atom. The third-order valence-electron chi connectivity index (χ3n) is 3.62. The number of phenols is 1. The quantitative estimate of drug-likeness (QED) is 0.794. The second-order valence-corrected chi connectivity index (χ2v) is 5.76. The molecule has 1 amide bonds. The molecule has 2 rings (SSSR count). The van der Waals surface area contributed by atoms with Crippen molar-refractivity contribution in [2.45, 2.75) is 26.2 Å². The van der Waals surface area contributed by atoms with Crippen LogP contribution in [0.3, 0.4) is 0 Å². The Hall–Kier alpha value is -2.08. The fourth-order valence-corrected chi connectivity index (χ4v) is 2.56. The molecule has 1 aliphatic rings. The van der Waals surface area contributed by atoms with Crippen molar-refractivity contribution in [2.24, 2.45) is 5.92 Å². The van der Waals surface area contributed by atoms with Gasteiger partial charge in [-0.1, -0.05) is 18.5 Å². The second-order valence-electron chi connectivity index (χ2n) is 5.35. The van der Waals surface area contributed by atoms with Crippen molar-refractivity contribution in [3.8, 4) is 5.75 Å². The number of nitrogens with one attached hydrogen (secondary N) is 1. The summed E-state index contributed by atoms with van der Waals surface area (Å²) in [7, 11) is 0. The van der Waals surface area contributed by atoms with Gasteiger partial charge in [-0.2, -0.15) is 0 Å². The number of anilines is 1. The zero-order chi connectivity index (χ0) is 16.4. The minimum atomic E-state index is -1.14. The van der Waals surface area contributed by atoms with Gasteiger partial charge in [0.25, 0.3) is 5.91 Å². The van der Waals surface area contributed by atoms with Crippen LogP contribution in [-0.4, -0.2) is 22.1 Å². The summed E-state index contributed by atoms with van der Waals surface area (Å²) in [6.45, 7) is 1.91. The van der Waals surface area contributed by atoms with E-state index in [4.69, 9.17) is 11.6 Å². The maximum atomic E-state index is 13.7. The number of carbonyl (C=O) groups is 2. The molecule has 7 heteroatoms. The highest BCUT2D eigenvalue weighted by Crippen LogP contribution is 2.32. The highest BCUT2D eigenvalue weighted by molar-refractivity contribution is 6.32. The number of aromatic hydroxyl groups is 1. The topological polar surface area (TPSA) is 86.6 Å². The lowest BCUT2D eigenvalue weighted by Crippen LogP contribution is -2.23. The van der Waals surface area contributed by atoms with Crippen molar-refractivity contribution in [2.75, 3.05) is 5.32 Å². The molecule has 0 aliphatic heterocycles. The average molecular weight is 328 g/mol. The van der Waals surface area contributed by atoms with Gasteiger partial charge < -0.3 is 15.5 Å². The van der Waals surface area contributed by atoms with Gasteiger partial charge in [0.05, 0.1) is 10.7 Å². The summed E-state index contributed by atoms with van der Waals surface area (Å²) >= 11 is 5.56. The Kier molecular flexibility index (Phi) is 4.71. The van der Waals surface area contributed by atoms with Gasteiger partial charge in [-0.05, 0) is 31.2 Å². The van der Waals surface area contributed by atoms with Crippen LogP contribution < -0.4 is 5.32 Å². The Balaban J connectivity index is 2.30. The molecule has 1 aliphatic carbocycles. The Labute approximate surface area is 131 Å². The molecule has 0 aromatic heterocycles. The van der Waals surface area contributed by atoms with Gasteiger partial charge >= 0.3 is 5.97 Å². The van der Waals surface area contributed by atoms with Crippen LogP contribution in [0.2, 0.25) is 5.02 Å². The summed E-state index contributed by atoms with van der Waals surface area (Å²) in [5.74, 6) is -2.82. The number of rotatable bonds is 3. The number of hydrogen-bond donors (Lipinski definition) is 3. The second kappa shape index (κ2) is 6.36. The third-order valence-corrected chi connectivity index (χ3v) is 3.92. The lowest BCUT2D eigenvalue weighted by Gasteiger charge is -2.22. The fraction of sp³-hybridized carbons (Fsp3) is 0.333. The van der Waals surface area contributed by atoms with E-state index in [9.17, 15) is 24.2 Å². The van der Waals surface area contributed by atoms with E-state index in [0.29, 0.717) is 19.3 Å². The lowest BCUT2D eigenvalue weighted by molar-refractivity contribution is -0.133. The molecule has 1 atom stereocenters. The van der Waals surface area contributed by atoms with Crippen LogP contribution in [0.4, 0.5) is 10.1 Å². The monoisotopic (exact) mass is 327 g/mol. The first-order valence-corrected chi connectivity index (χ1v) is 7.12. The lowest BCUT2D eigenvalue weighted by atomic mass is 9.84. The zero-order valence-electron chi connectivity index (χ0n) is 11.8. The first-order chi connectivity index (χ1) is 10.3. The molecule has 1 aromatic rings. The number of phenolic OH excluding ortho intramolecular Hbond substituents is 1. The summed E-state index contributed by atoms with van der Waals surface area (Å²) in [6, 6.07) is 1.87. The third kappa shape index (κ3) is 3.39. The van der Waals surface area contributed by atoms with Gasteiger partial charge in [-0.25, -0.2) is 9.18 Å². The summed E-state index contributed by atoms with van der Waals surface area (Å²) < 4.78 is 13.7. The normalized spacial score (nSPS) is 18.2. The Morgan fingerprint density at radius 1 is 1.36 bits per heavy atom. The fourth-order valence-electron chi connectivity index (χ4n) is 2.41. The van der Waals surface area contributed by atoms with Crippen molar-refractivity contribution in [1.82, 2.24) is 0 Å². The molecule has 1 unspecified atom stereocenters. The number of benzene rings is 1. The smallest absolute Gasteiger partial charge is 0.332 e. The maximum absolute atomic E-state index is 13.7. The molecule has 0 spiro atoms. The van der Waals surface area contributed by atoms with Crippen LogP contribution in [0.25, 0.3) is 0 Å². The number of carbonyl (C=O) groups excluding carboxylic acids is 1. The number of hydrogen-bond acceptors (Lipinski definition) is 3. The van der Waals surface area contributed by atoms with E-state index in [1.54, 1.807) is 0 Å². The SMILES string of the molecule is CC1CCC(C(=O)Nc2cc(O)c(Cl)cc2F)=C(C(=O)O)C1. The first-order valence-electron chi connectivity index (χ1n) is 6.74. The molecule has 0 saturated heterocycles. The molecule has 1 aromatic carbocycles. The Bertz CT molecular complexity index is 672. The first kappa shape index (κ1) is 16.3. The molecule has 0 fully saturated rings. The van der Waals surface area contributed by atoms with Crippen molar-refractivity contribution in [1.29, 1.82) is 0 Å². The van der Waals surface area contributed by atoms with E-state index in [0.717, 1.165) is 12.1 Å². The number of carboxylic acid groups (broad SMARTS) is 1. The van der Waals surface area contributed by atoms with E-state index < -0.39 is 17.7 Å². The van der Waals surface area contributed by atoms with Crippen molar-refractivity contribution >= 4 is 29.2 Å². The molecular formula is C15H15ClFNO4. The highest BCUT2D eigenvalue weighted by atomic mass is 35.5. The Morgan fingerprint density at radius 3 is 2.68 bits per heavy atom. The van der Waals surface area contributed by atoms with Crippen LogP contribution >= 0.6 is 11.6 Å².